The number of amides is 1. The molecular weight excluding hydrogens is 414 g/mol. The third-order valence-electron chi connectivity index (χ3n) is 5.02. The molecule has 8 heteroatoms. The Morgan fingerprint density at radius 2 is 1.78 bits per heavy atom. The summed E-state index contributed by atoms with van der Waals surface area (Å²) in [6, 6.07) is 6.34. The number of carbonyl (C=O) groups excluding carboxylic acids is 3. The van der Waals surface area contributed by atoms with Crippen LogP contribution in [0.15, 0.2) is 24.3 Å². The molecule has 32 heavy (non-hydrogen) atoms. The fourth-order valence-electron chi connectivity index (χ4n) is 3.36. The van der Waals surface area contributed by atoms with Gasteiger partial charge in [0, 0.05) is 19.3 Å². The molecule has 0 saturated heterocycles. The zero-order chi connectivity index (χ0) is 23.6. The molecule has 0 aliphatic heterocycles. The van der Waals surface area contributed by atoms with E-state index >= 15 is 0 Å². The first kappa shape index (κ1) is 25.5. The van der Waals surface area contributed by atoms with Crippen LogP contribution < -0.4 is 10.1 Å². The molecule has 1 aromatic rings. The summed E-state index contributed by atoms with van der Waals surface area (Å²) in [5.74, 6) is -0.0203. The number of carbonyl (C=O) groups is 2. The van der Waals surface area contributed by atoms with Crippen molar-refractivity contribution in [3.05, 3.63) is 29.8 Å². The molecular formula is C24H36NO7+. The molecule has 2 N–H and O–H groups in total. The Morgan fingerprint density at radius 1 is 1.12 bits per heavy atom. The van der Waals surface area contributed by atoms with Gasteiger partial charge < -0.3 is 29.1 Å². The maximum Gasteiger partial charge on any atom is 0.506 e. The van der Waals surface area contributed by atoms with Gasteiger partial charge in [0.05, 0.1) is 7.11 Å². The van der Waals surface area contributed by atoms with Crippen molar-refractivity contribution in [1.82, 2.24) is 5.32 Å². The lowest BCUT2D eigenvalue weighted by Gasteiger charge is -2.22. The van der Waals surface area contributed by atoms with Crippen molar-refractivity contribution in [2.75, 3.05) is 7.11 Å². The number of hydrogen-bond acceptors (Lipinski definition) is 6. The number of benzene rings is 1. The third-order valence-corrected chi connectivity index (χ3v) is 5.02. The summed E-state index contributed by atoms with van der Waals surface area (Å²) in [6.45, 7) is 5.38. The minimum Gasteiger partial charge on any atom is -0.497 e. The van der Waals surface area contributed by atoms with Crippen LogP contribution in [0.2, 0.25) is 0 Å². The van der Waals surface area contributed by atoms with Crippen LogP contribution in [-0.4, -0.2) is 47.7 Å². The van der Waals surface area contributed by atoms with Crippen molar-refractivity contribution in [3.8, 4) is 5.75 Å². The molecule has 1 saturated carbocycles. The number of methoxy groups -OCH3 is 1. The van der Waals surface area contributed by atoms with Crippen molar-refractivity contribution < 1.29 is 33.3 Å². The molecule has 1 amide bonds. The SMILES string of the molecule is COc1ccc(COC(=O)CC[C@H](NC(=O)OC(C)(C)C)C(=[OH+])OC2CCCCC2)cc1. The van der Waals surface area contributed by atoms with E-state index in [2.05, 4.69) is 5.32 Å². The summed E-state index contributed by atoms with van der Waals surface area (Å²) in [5.41, 5.74) is 0.142. The van der Waals surface area contributed by atoms with Gasteiger partial charge in [0.2, 0.25) is 0 Å². The average molecular weight is 451 g/mol. The van der Waals surface area contributed by atoms with Crippen LogP contribution in [0.5, 0.6) is 5.75 Å². The average Bonchev–Trinajstić information content (AvgIpc) is 2.74. The van der Waals surface area contributed by atoms with Gasteiger partial charge in [-0.25, -0.2) is 4.79 Å². The quantitative estimate of drug-likeness (QED) is 0.342. The molecule has 1 aliphatic rings. The third kappa shape index (κ3) is 9.58. The summed E-state index contributed by atoms with van der Waals surface area (Å²) in [5, 5.41) is 2.61. The van der Waals surface area contributed by atoms with Crippen LogP contribution in [0.4, 0.5) is 4.79 Å². The van der Waals surface area contributed by atoms with Crippen molar-refractivity contribution >= 4 is 18.0 Å². The predicted octanol–water partition coefficient (Wildman–Crippen LogP) is 4.26. The number of ether oxygens (including phenoxy) is 4. The molecule has 1 atom stereocenters. The monoisotopic (exact) mass is 450 g/mol. The first-order valence-electron chi connectivity index (χ1n) is 11.2. The summed E-state index contributed by atoms with van der Waals surface area (Å²) >= 11 is 0. The van der Waals surface area contributed by atoms with Gasteiger partial charge in [0.1, 0.15) is 18.0 Å². The van der Waals surface area contributed by atoms with Gasteiger partial charge in [-0.2, -0.15) is 0 Å². The van der Waals surface area contributed by atoms with E-state index < -0.39 is 23.7 Å². The molecule has 0 radical (unpaired) electrons. The molecule has 178 valence electrons. The fourth-order valence-corrected chi connectivity index (χ4v) is 3.36. The highest BCUT2D eigenvalue weighted by atomic mass is 16.6. The van der Waals surface area contributed by atoms with Crippen molar-refractivity contribution in [2.45, 2.75) is 90.1 Å². The normalized spacial score (nSPS) is 15.4. The van der Waals surface area contributed by atoms with Crippen LogP contribution in [-0.2, 0) is 25.6 Å². The highest BCUT2D eigenvalue weighted by Gasteiger charge is 2.35. The van der Waals surface area contributed by atoms with Crippen LogP contribution >= 0.6 is 0 Å². The molecule has 1 aliphatic carbocycles. The molecule has 2 rings (SSSR count). The minimum absolute atomic E-state index is 0.00525. The first-order chi connectivity index (χ1) is 15.2. The summed E-state index contributed by atoms with van der Waals surface area (Å²) < 4.78 is 21.4. The molecule has 1 aromatic carbocycles. The Bertz CT molecular complexity index is 749. The van der Waals surface area contributed by atoms with Crippen molar-refractivity contribution in [2.24, 2.45) is 0 Å². The number of rotatable bonds is 9. The van der Waals surface area contributed by atoms with E-state index in [4.69, 9.17) is 18.9 Å². The molecule has 1 fully saturated rings. The number of hydrogen-bond donors (Lipinski definition) is 1. The Morgan fingerprint density at radius 3 is 2.38 bits per heavy atom. The van der Waals surface area contributed by atoms with Crippen molar-refractivity contribution in [1.29, 1.82) is 0 Å². The van der Waals surface area contributed by atoms with Gasteiger partial charge in [-0.15, -0.1) is 0 Å². The van der Waals surface area contributed by atoms with Gasteiger partial charge in [0.15, 0.2) is 12.1 Å². The zero-order valence-electron chi connectivity index (χ0n) is 19.5. The summed E-state index contributed by atoms with van der Waals surface area (Å²) in [4.78, 5) is 35.0. The van der Waals surface area contributed by atoms with Gasteiger partial charge in [-0.3, -0.25) is 4.79 Å². The summed E-state index contributed by atoms with van der Waals surface area (Å²) in [7, 11) is 1.58. The number of esters is 2. The van der Waals surface area contributed by atoms with E-state index in [0.717, 1.165) is 43.4 Å². The van der Waals surface area contributed by atoms with E-state index in [1.54, 1.807) is 40.0 Å². The van der Waals surface area contributed by atoms with Crippen LogP contribution in [0.1, 0.15) is 71.3 Å². The Labute approximate surface area is 189 Å². The predicted molar refractivity (Wildman–Crippen MR) is 120 cm³/mol. The van der Waals surface area contributed by atoms with E-state index in [-0.39, 0.29) is 31.5 Å². The van der Waals surface area contributed by atoms with Crippen LogP contribution in [0.3, 0.4) is 0 Å². The highest BCUT2D eigenvalue weighted by Crippen LogP contribution is 2.21. The smallest absolute Gasteiger partial charge is 0.497 e. The lowest BCUT2D eigenvalue weighted by molar-refractivity contribution is -0.145. The van der Waals surface area contributed by atoms with Gasteiger partial charge in [-0.1, -0.05) is 18.6 Å². The lowest BCUT2D eigenvalue weighted by Crippen LogP contribution is -2.45. The second kappa shape index (κ2) is 12.3. The van der Waals surface area contributed by atoms with E-state index in [0.29, 0.717) is 0 Å². The summed E-state index contributed by atoms with van der Waals surface area (Å²) in [6.07, 6.45) is 4.29. The Hall–Kier alpha value is -2.77. The fraction of sp³-hybridized carbons (Fsp3) is 0.625. The topological polar surface area (TPSA) is 104 Å². The van der Waals surface area contributed by atoms with E-state index in [1.165, 1.54) is 0 Å². The largest absolute Gasteiger partial charge is 0.506 e. The van der Waals surface area contributed by atoms with Crippen molar-refractivity contribution in [3.63, 3.8) is 0 Å². The zero-order valence-corrected chi connectivity index (χ0v) is 19.5. The van der Waals surface area contributed by atoms with Gasteiger partial charge >= 0.3 is 18.0 Å². The first-order valence-corrected chi connectivity index (χ1v) is 11.2. The minimum atomic E-state index is -0.875. The number of nitrogens with one attached hydrogen (secondary N) is 1. The molecule has 8 nitrogen and oxygen atoms in total. The molecule has 0 spiro atoms. The molecule has 0 bridgehead atoms. The molecule has 0 unspecified atom stereocenters. The van der Waals surface area contributed by atoms with Crippen LogP contribution in [0, 0.1) is 0 Å². The maximum atomic E-state index is 12.2. The van der Waals surface area contributed by atoms with Gasteiger partial charge in [0.25, 0.3) is 0 Å². The van der Waals surface area contributed by atoms with Gasteiger partial charge in [-0.05, 0) is 57.7 Å². The number of alkyl carbamates (subject to hydrolysis) is 1. The molecule has 0 aromatic heterocycles. The maximum absolute atomic E-state index is 12.2. The van der Waals surface area contributed by atoms with Crippen LogP contribution in [0.25, 0.3) is 0 Å². The Balaban J connectivity index is 1.89. The highest BCUT2D eigenvalue weighted by molar-refractivity contribution is 5.83. The molecule has 0 heterocycles. The second-order valence-corrected chi connectivity index (χ2v) is 8.96. The van der Waals surface area contributed by atoms with E-state index in [9.17, 15) is 14.4 Å². The standard InChI is InChI=1S/C24H35NO7/c1-24(2,3)32-23(28)25-20(22(27)31-19-8-6-5-7-9-19)14-15-21(26)30-16-17-10-12-18(29-4)13-11-17/h10-13,19-20H,5-9,14-16H2,1-4H3,(H,25,28)/p+1/t20-/m0/s1. The van der Waals surface area contributed by atoms with E-state index in [1.807, 2.05) is 12.1 Å². The second-order valence-electron chi connectivity index (χ2n) is 8.96. The lowest BCUT2D eigenvalue weighted by atomic mass is 9.98. The Kier molecular flexibility index (Phi) is 9.81.